The van der Waals surface area contributed by atoms with Crippen LogP contribution in [-0.4, -0.2) is 17.1 Å². The van der Waals surface area contributed by atoms with Crippen LogP contribution in [0, 0.1) is 0 Å². The molecule has 1 amide bonds. The number of nitrogens with one attached hydrogen (secondary N) is 1. The topological polar surface area (TPSA) is 55.1 Å². The highest BCUT2D eigenvalue weighted by Crippen LogP contribution is 2.28. The van der Waals surface area contributed by atoms with E-state index in [1.54, 1.807) is 17.4 Å². The fourth-order valence-electron chi connectivity index (χ4n) is 1.92. The van der Waals surface area contributed by atoms with Crippen molar-refractivity contribution in [2.45, 2.75) is 6.18 Å². The van der Waals surface area contributed by atoms with E-state index in [4.69, 9.17) is 4.42 Å². The van der Waals surface area contributed by atoms with Gasteiger partial charge in [-0.2, -0.15) is 13.2 Å². The summed E-state index contributed by atoms with van der Waals surface area (Å²) in [7, 11) is 0. The number of nitrogens with zero attached hydrogens (tertiary/aromatic N) is 1. The van der Waals surface area contributed by atoms with Crippen molar-refractivity contribution in [3.05, 3.63) is 46.9 Å². The van der Waals surface area contributed by atoms with E-state index < -0.39 is 12.1 Å². The van der Waals surface area contributed by atoms with Crippen molar-refractivity contribution >= 4 is 38.6 Å². The van der Waals surface area contributed by atoms with Gasteiger partial charge in [0.25, 0.3) is 0 Å². The molecule has 0 aliphatic carbocycles. The Bertz CT molecular complexity index is 873. The summed E-state index contributed by atoms with van der Waals surface area (Å²) >= 11 is 3.32. The number of alkyl halides is 3. The predicted octanol–water partition coefficient (Wildman–Crippen LogP) is 4.76. The van der Waals surface area contributed by atoms with Crippen LogP contribution in [0.2, 0.25) is 0 Å². The molecule has 0 spiro atoms. The maximum absolute atomic E-state index is 12.3. The molecule has 0 saturated carbocycles. The minimum atomic E-state index is -4.95. The summed E-state index contributed by atoms with van der Waals surface area (Å²) in [6, 6.07) is 11.3. The minimum Gasteiger partial charge on any atom is -0.436 e. The number of oxazole rings is 1. The number of hydrogen-bond acceptors (Lipinski definition) is 3. The number of halogens is 4. The smallest absolute Gasteiger partial charge is 0.436 e. The molecule has 8 heteroatoms. The van der Waals surface area contributed by atoms with Gasteiger partial charge in [-0.15, -0.1) is 0 Å². The molecule has 1 heterocycles. The van der Waals surface area contributed by atoms with Gasteiger partial charge in [0.2, 0.25) is 5.89 Å². The van der Waals surface area contributed by atoms with Crippen molar-refractivity contribution < 1.29 is 22.4 Å². The molecule has 3 aromatic rings. The van der Waals surface area contributed by atoms with E-state index in [-0.39, 0.29) is 11.3 Å². The Morgan fingerprint density at radius 1 is 1.13 bits per heavy atom. The van der Waals surface area contributed by atoms with Gasteiger partial charge >= 0.3 is 12.1 Å². The molecule has 4 nitrogen and oxygen atoms in total. The Morgan fingerprint density at radius 2 is 1.83 bits per heavy atom. The quantitative estimate of drug-likeness (QED) is 0.692. The number of hydrogen-bond donors (Lipinski definition) is 1. The van der Waals surface area contributed by atoms with Gasteiger partial charge < -0.3 is 9.73 Å². The Kier molecular flexibility index (Phi) is 3.85. The lowest BCUT2D eigenvalue weighted by Gasteiger charge is -2.07. The van der Waals surface area contributed by atoms with Crippen LogP contribution in [0.5, 0.6) is 0 Å². The summed E-state index contributed by atoms with van der Waals surface area (Å²) in [4.78, 5) is 15.2. The van der Waals surface area contributed by atoms with Crippen molar-refractivity contribution in [2.24, 2.45) is 0 Å². The summed E-state index contributed by atoms with van der Waals surface area (Å²) in [6.07, 6.45) is -4.95. The van der Waals surface area contributed by atoms with E-state index in [0.29, 0.717) is 11.4 Å². The number of fused-ring (bicyclic) bond motifs is 1. The summed E-state index contributed by atoms with van der Waals surface area (Å²) < 4.78 is 43.2. The zero-order chi connectivity index (χ0) is 16.6. The van der Waals surface area contributed by atoms with Gasteiger partial charge in [0.15, 0.2) is 5.58 Å². The van der Waals surface area contributed by atoms with Crippen LogP contribution in [0.15, 0.2) is 51.4 Å². The van der Waals surface area contributed by atoms with Crippen molar-refractivity contribution in [3.8, 4) is 11.5 Å². The maximum Gasteiger partial charge on any atom is 0.471 e. The molecule has 0 radical (unpaired) electrons. The lowest BCUT2D eigenvalue weighted by molar-refractivity contribution is -0.167. The first-order valence-corrected chi connectivity index (χ1v) is 7.17. The fraction of sp³-hybridized carbons (Fsp3) is 0.0667. The van der Waals surface area contributed by atoms with Crippen molar-refractivity contribution in [1.29, 1.82) is 0 Å². The van der Waals surface area contributed by atoms with Crippen LogP contribution in [0.4, 0.5) is 18.9 Å². The molecule has 1 N–H and O–H groups in total. The van der Waals surface area contributed by atoms with Gasteiger partial charge in [-0.05, 0) is 36.4 Å². The first-order chi connectivity index (χ1) is 10.8. The molecule has 2 aromatic carbocycles. The molecule has 0 fully saturated rings. The van der Waals surface area contributed by atoms with Crippen LogP contribution < -0.4 is 5.32 Å². The SMILES string of the molecule is O=C(Nc1ccc2nc(-c3ccc(Br)cc3)oc2c1)C(F)(F)F. The highest BCUT2D eigenvalue weighted by Gasteiger charge is 2.38. The van der Waals surface area contributed by atoms with Crippen molar-refractivity contribution in [3.63, 3.8) is 0 Å². The molecule has 0 atom stereocenters. The first kappa shape index (κ1) is 15.5. The van der Waals surface area contributed by atoms with Crippen LogP contribution in [0.3, 0.4) is 0 Å². The van der Waals surface area contributed by atoms with E-state index in [1.165, 1.54) is 18.2 Å². The summed E-state index contributed by atoms with van der Waals surface area (Å²) in [5, 5.41) is 1.77. The third-order valence-electron chi connectivity index (χ3n) is 2.99. The molecule has 118 valence electrons. The molecule has 0 aliphatic rings. The zero-order valence-corrected chi connectivity index (χ0v) is 12.9. The van der Waals surface area contributed by atoms with Crippen molar-refractivity contribution in [2.75, 3.05) is 5.32 Å². The second-order valence-corrected chi connectivity index (χ2v) is 5.58. The molecule has 0 unspecified atom stereocenters. The summed E-state index contributed by atoms with van der Waals surface area (Å²) in [6.45, 7) is 0. The lowest BCUT2D eigenvalue weighted by Crippen LogP contribution is -2.29. The van der Waals surface area contributed by atoms with Crippen LogP contribution in [0.1, 0.15) is 0 Å². The van der Waals surface area contributed by atoms with Gasteiger partial charge in [0.1, 0.15) is 5.52 Å². The van der Waals surface area contributed by atoms with Gasteiger partial charge in [-0.3, -0.25) is 4.79 Å². The minimum absolute atomic E-state index is 0.0154. The number of carbonyl (C=O) groups excluding carboxylic acids is 1. The van der Waals surface area contributed by atoms with Gasteiger partial charge in [-0.25, -0.2) is 4.98 Å². The monoisotopic (exact) mass is 384 g/mol. The van der Waals surface area contributed by atoms with Gasteiger partial charge in [0, 0.05) is 21.8 Å². The highest BCUT2D eigenvalue weighted by molar-refractivity contribution is 9.10. The average Bonchev–Trinajstić information content (AvgIpc) is 2.90. The van der Waals surface area contributed by atoms with E-state index in [9.17, 15) is 18.0 Å². The van der Waals surface area contributed by atoms with E-state index in [0.717, 1.165) is 10.0 Å². The number of aromatic nitrogens is 1. The predicted molar refractivity (Wildman–Crippen MR) is 81.8 cm³/mol. The van der Waals surface area contributed by atoms with Crippen molar-refractivity contribution in [1.82, 2.24) is 4.98 Å². The zero-order valence-electron chi connectivity index (χ0n) is 11.3. The molecule has 0 bridgehead atoms. The second kappa shape index (κ2) is 5.69. The lowest BCUT2D eigenvalue weighted by atomic mass is 10.2. The third kappa shape index (κ3) is 3.37. The number of carbonyl (C=O) groups is 1. The van der Waals surface area contributed by atoms with Gasteiger partial charge in [-0.1, -0.05) is 15.9 Å². The average molecular weight is 385 g/mol. The normalized spacial score (nSPS) is 11.7. The molecule has 0 saturated heterocycles. The molecule has 3 rings (SSSR count). The largest absolute Gasteiger partial charge is 0.471 e. The maximum atomic E-state index is 12.3. The van der Waals surface area contributed by atoms with Crippen LogP contribution >= 0.6 is 15.9 Å². The summed E-state index contributed by atoms with van der Waals surface area (Å²) in [5.74, 6) is -1.70. The number of rotatable bonds is 2. The van der Waals surface area contributed by atoms with E-state index in [1.807, 2.05) is 12.1 Å². The molecule has 23 heavy (non-hydrogen) atoms. The molecule has 0 aliphatic heterocycles. The van der Waals surface area contributed by atoms with Crippen LogP contribution in [-0.2, 0) is 4.79 Å². The Morgan fingerprint density at radius 3 is 2.48 bits per heavy atom. The standard InChI is InChI=1S/C15H8BrF3N2O2/c16-9-3-1-8(2-4-9)13-21-11-6-5-10(7-12(11)23-13)20-14(22)15(17,18)19/h1-7H,(H,20,22). The molecular formula is C15H8BrF3N2O2. The van der Waals surface area contributed by atoms with Crippen LogP contribution in [0.25, 0.3) is 22.6 Å². The highest BCUT2D eigenvalue weighted by atomic mass is 79.9. The van der Waals surface area contributed by atoms with Gasteiger partial charge in [0.05, 0.1) is 0 Å². The molecular weight excluding hydrogens is 377 g/mol. The Labute approximate surface area is 136 Å². The second-order valence-electron chi connectivity index (χ2n) is 4.66. The Balaban J connectivity index is 1.92. The summed E-state index contributed by atoms with van der Waals surface area (Å²) in [5.41, 5.74) is 1.47. The Hall–Kier alpha value is -2.35. The number of amides is 1. The fourth-order valence-corrected chi connectivity index (χ4v) is 2.18. The number of benzene rings is 2. The number of anilines is 1. The first-order valence-electron chi connectivity index (χ1n) is 6.37. The van der Waals surface area contributed by atoms with E-state index in [2.05, 4.69) is 20.9 Å². The van der Waals surface area contributed by atoms with E-state index >= 15 is 0 Å². The molecule has 1 aromatic heterocycles. The third-order valence-corrected chi connectivity index (χ3v) is 3.52.